The first-order chi connectivity index (χ1) is 19.2. The van der Waals surface area contributed by atoms with Gasteiger partial charge in [0.1, 0.15) is 5.75 Å². The number of benzene rings is 1. The molecule has 3 amide bonds. The van der Waals surface area contributed by atoms with Crippen molar-refractivity contribution in [1.82, 2.24) is 10.6 Å². The van der Waals surface area contributed by atoms with Crippen LogP contribution in [0.2, 0.25) is 0 Å². The Balaban J connectivity index is 1.32. The Hall–Kier alpha value is -2.69. The number of anilines is 2. The zero-order chi connectivity index (χ0) is 28.5. The number of piperidine rings is 1. The molecule has 0 bridgehead atoms. The summed E-state index contributed by atoms with van der Waals surface area (Å²) in [4.78, 5) is 44.1. The highest BCUT2D eigenvalue weighted by atomic mass is 16.5. The molecule has 40 heavy (non-hydrogen) atoms. The predicted molar refractivity (Wildman–Crippen MR) is 152 cm³/mol. The van der Waals surface area contributed by atoms with Crippen LogP contribution in [0.25, 0.3) is 0 Å². The number of nitrogens with one attached hydrogen (secondary N) is 2. The molecule has 0 radical (unpaired) electrons. The van der Waals surface area contributed by atoms with Crippen LogP contribution in [-0.4, -0.2) is 81.5 Å². The number of ether oxygens (including phenoxy) is 3. The van der Waals surface area contributed by atoms with Gasteiger partial charge in [-0.05, 0) is 77.5 Å². The summed E-state index contributed by atoms with van der Waals surface area (Å²) in [7, 11) is 1.65. The number of carbonyl (C=O) groups is 3. The average Bonchev–Trinajstić information content (AvgIpc) is 3.88. The van der Waals surface area contributed by atoms with Gasteiger partial charge in [-0.25, -0.2) is 0 Å². The lowest BCUT2D eigenvalue weighted by molar-refractivity contribution is -0.132. The molecule has 2 aliphatic heterocycles. The summed E-state index contributed by atoms with van der Waals surface area (Å²) in [5.41, 5.74) is 0.230. The lowest BCUT2D eigenvalue weighted by Gasteiger charge is -2.40. The zero-order valence-electron chi connectivity index (χ0n) is 24.3. The quantitative estimate of drug-likeness (QED) is 0.381. The largest absolute Gasteiger partial charge is 0.476 e. The normalized spacial score (nSPS) is 24.6. The third-order valence-corrected chi connectivity index (χ3v) is 8.41. The minimum Gasteiger partial charge on any atom is -0.476 e. The molecule has 0 spiro atoms. The van der Waals surface area contributed by atoms with Gasteiger partial charge in [0.2, 0.25) is 11.8 Å². The number of nitrogens with zero attached hydrogens (tertiary/aromatic N) is 2. The van der Waals surface area contributed by atoms with Gasteiger partial charge in [-0.3, -0.25) is 14.4 Å². The minimum atomic E-state index is -0.974. The van der Waals surface area contributed by atoms with Gasteiger partial charge in [0.05, 0.1) is 29.7 Å². The van der Waals surface area contributed by atoms with E-state index in [9.17, 15) is 14.4 Å². The molecule has 5 rings (SSSR count). The topological polar surface area (TPSA) is 109 Å². The molecule has 10 nitrogen and oxygen atoms in total. The van der Waals surface area contributed by atoms with Crippen molar-refractivity contribution in [3.63, 3.8) is 0 Å². The summed E-state index contributed by atoms with van der Waals surface area (Å²) < 4.78 is 16.9. The van der Waals surface area contributed by atoms with Gasteiger partial charge in [0.25, 0.3) is 5.91 Å². The number of fused-ring (bicyclic) bond motifs is 1. The van der Waals surface area contributed by atoms with Crippen molar-refractivity contribution in [3.05, 3.63) is 18.2 Å². The van der Waals surface area contributed by atoms with E-state index in [1.54, 1.807) is 25.9 Å². The van der Waals surface area contributed by atoms with Crippen LogP contribution in [0.3, 0.4) is 0 Å². The number of carbonyl (C=O) groups excluding carboxylic acids is 3. The van der Waals surface area contributed by atoms with E-state index < -0.39 is 5.60 Å². The summed E-state index contributed by atoms with van der Waals surface area (Å²) in [6, 6.07) is 5.82. The van der Waals surface area contributed by atoms with Crippen molar-refractivity contribution >= 4 is 29.1 Å². The molecule has 220 valence electrons. The Bertz CT molecular complexity index is 1120. The molecule has 2 N–H and O–H groups in total. The number of hydrogen-bond donors (Lipinski definition) is 2. The van der Waals surface area contributed by atoms with E-state index in [2.05, 4.69) is 10.6 Å². The molecule has 3 fully saturated rings. The van der Waals surface area contributed by atoms with Gasteiger partial charge in [-0.2, -0.15) is 0 Å². The molecule has 1 aromatic rings. The highest BCUT2D eigenvalue weighted by Gasteiger charge is 2.47. The average molecular weight is 557 g/mol. The Kier molecular flexibility index (Phi) is 8.40. The van der Waals surface area contributed by atoms with Crippen LogP contribution in [0.1, 0.15) is 59.3 Å². The maximum atomic E-state index is 14.0. The van der Waals surface area contributed by atoms with E-state index in [-0.39, 0.29) is 41.1 Å². The SMILES string of the molecule is CCOCC1(NC(=O)C2CNCC(C(=O)N(c3ccc4c(c3)N(CCCOC)C(=O)C(C)(C)O4)C3CC3)C2)CC1. The molecule has 10 heteroatoms. The highest BCUT2D eigenvalue weighted by Crippen LogP contribution is 2.43. The number of rotatable bonds is 12. The van der Waals surface area contributed by atoms with Crippen LogP contribution in [0.4, 0.5) is 11.4 Å². The lowest BCUT2D eigenvalue weighted by atomic mass is 9.88. The number of methoxy groups -OCH3 is 1. The smallest absolute Gasteiger partial charge is 0.270 e. The van der Waals surface area contributed by atoms with Crippen molar-refractivity contribution in [1.29, 1.82) is 0 Å². The number of amides is 3. The fourth-order valence-corrected chi connectivity index (χ4v) is 5.79. The molecule has 2 saturated carbocycles. The molecule has 2 heterocycles. The van der Waals surface area contributed by atoms with Crippen LogP contribution < -0.4 is 25.2 Å². The van der Waals surface area contributed by atoms with Crippen LogP contribution in [-0.2, 0) is 23.9 Å². The van der Waals surface area contributed by atoms with E-state index in [0.29, 0.717) is 63.7 Å². The van der Waals surface area contributed by atoms with E-state index in [4.69, 9.17) is 14.2 Å². The van der Waals surface area contributed by atoms with Gasteiger partial charge >= 0.3 is 0 Å². The first kappa shape index (κ1) is 28.8. The van der Waals surface area contributed by atoms with Crippen molar-refractivity contribution in [2.75, 3.05) is 56.4 Å². The minimum absolute atomic E-state index is 0.000989. The zero-order valence-corrected chi connectivity index (χ0v) is 24.3. The molecular formula is C30H44N4O6. The maximum Gasteiger partial charge on any atom is 0.270 e. The van der Waals surface area contributed by atoms with Gasteiger partial charge in [0.15, 0.2) is 5.60 Å². The summed E-state index contributed by atoms with van der Waals surface area (Å²) in [5, 5.41) is 6.55. The monoisotopic (exact) mass is 556 g/mol. The third kappa shape index (κ3) is 6.14. The highest BCUT2D eigenvalue weighted by molar-refractivity contribution is 6.04. The Morgan fingerprint density at radius 3 is 2.62 bits per heavy atom. The predicted octanol–water partition coefficient (Wildman–Crippen LogP) is 2.63. The molecule has 2 unspecified atom stereocenters. The van der Waals surface area contributed by atoms with Gasteiger partial charge in [-0.15, -0.1) is 0 Å². The lowest BCUT2D eigenvalue weighted by Crippen LogP contribution is -2.53. The second kappa shape index (κ2) is 11.7. The summed E-state index contributed by atoms with van der Waals surface area (Å²) in [6.07, 6.45) is 4.94. The summed E-state index contributed by atoms with van der Waals surface area (Å²) in [6.45, 7) is 8.83. The molecule has 1 saturated heterocycles. The second-order valence-corrected chi connectivity index (χ2v) is 12.2. The van der Waals surface area contributed by atoms with Crippen LogP contribution in [0.15, 0.2) is 18.2 Å². The van der Waals surface area contributed by atoms with Crippen molar-refractivity contribution in [3.8, 4) is 5.75 Å². The summed E-state index contributed by atoms with van der Waals surface area (Å²) >= 11 is 0. The van der Waals surface area contributed by atoms with Crippen molar-refractivity contribution in [2.24, 2.45) is 11.8 Å². The third-order valence-electron chi connectivity index (χ3n) is 8.41. The Labute approximate surface area is 237 Å². The fraction of sp³-hybridized carbons (Fsp3) is 0.700. The molecule has 1 aromatic carbocycles. The first-order valence-corrected chi connectivity index (χ1v) is 14.8. The van der Waals surface area contributed by atoms with E-state index in [1.807, 2.05) is 30.0 Å². The number of hydrogen-bond acceptors (Lipinski definition) is 7. The standard InChI is InChI=1S/C30H44N4O6/c1-5-39-19-30(11-12-30)32-26(35)20-15-21(18-31-17-20)27(36)34(22-7-8-22)23-9-10-25-24(16-23)33(13-6-14-38-4)28(37)29(2,3)40-25/h9-10,16,20-22,31H,5-8,11-15,17-19H2,1-4H3,(H,32,35). The van der Waals surface area contributed by atoms with Crippen molar-refractivity contribution < 1.29 is 28.6 Å². The van der Waals surface area contributed by atoms with Crippen molar-refractivity contribution in [2.45, 2.75) is 76.5 Å². The molecule has 4 aliphatic rings. The van der Waals surface area contributed by atoms with E-state index in [1.165, 1.54) is 0 Å². The fourth-order valence-electron chi connectivity index (χ4n) is 5.79. The van der Waals surface area contributed by atoms with Crippen LogP contribution in [0, 0.1) is 11.8 Å². The Morgan fingerprint density at radius 2 is 1.95 bits per heavy atom. The molecule has 2 aliphatic carbocycles. The van der Waals surface area contributed by atoms with Gasteiger partial charge < -0.3 is 34.6 Å². The molecule has 0 aromatic heterocycles. The Morgan fingerprint density at radius 1 is 1.20 bits per heavy atom. The molecular weight excluding hydrogens is 512 g/mol. The van der Waals surface area contributed by atoms with Crippen LogP contribution in [0.5, 0.6) is 5.75 Å². The van der Waals surface area contributed by atoms with Crippen LogP contribution >= 0.6 is 0 Å². The van der Waals surface area contributed by atoms with E-state index >= 15 is 0 Å². The maximum absolute atomic E-state index is 14.0. The summed E-state index contributed by atoms with van der Waals surface area (Å²) in [5.74, 6) is -0.0309. The first-order valence-electron chi connectivity index (χ1n) is 14.8. The van der Waals surface area contributed by atoms with Gasteiger partial charge in [0, 0.05) is 51.7 Å². The second-order valence-electron chi connectivity index (χ2n) is 12.2. The van der Waals surface area contributed by atoms with Gasteiger partial charge in [-0.1, -0.05) is 0 Å². The van der Waals surface area contributed by atoms with E-state index in [0.717, 1.165) is 31.4 Å². The molecule has 2 atom stereocenters.